The third-order valence-electron chi connectivity index (χ3n) is 4.90. The molecular weight excluding hydrogens is 330 g/mol. The highest BCUT2D eigenvalue weighted by Crippen LogP contribution is 2.19. The molecular formula is C19H21N5O2. The van der Waals surface area contributed by atoms with Crippen LogP contribution in [0.3, 0.4) is 0 Å². The number of carbonyl (C=O) groups excluding carboxylic acids is 1. The highest BCUT2D eigenvalue weighted by atomic mass is 16.2. The number of para-hydroxylation sites is 1. The molecule has 1 amide bonds. The summed E-state index contributed by atoms with van der Waals surface area (Å²) in [5.74, 6) is 0.762. The van der Waals surface area contributed by atoms with Gasteiger partial charge in [0, 0.05) is 55.5 Å². The first kappa shape index (κ1) is 16.4. The Morgan fingerprint density at radius 3 is 2.77 bits per heavy atom. The van der Waals surface area contributed by atoms with Gasteiger partial charge < -0.3 is 19.8 Å². The number of rotatable bonds is 3. The molecule has 2 N–H and O–H groups in total. The average Bonchev–Trinajstić information content (AvgIpc) is 3.07. The first-order valence-electron chi connectivity index (χ1n) is 8.77. The van der Waals surface area contributed by atoms with Gasteiger partial charge in [-0.3, -0.25) is 9.59 Å². The molecule has 0 aliphatic carbocycles. The summed E-state index contributed by atoms with van der Waals surface area (Å²) in [6, 6.07) is 8.83. The molecule has 0 atom stereocenters. The van der Waals surface area contributed by atoms with Gasteiger partial charge in [-0.1, -0.05) is 18.2 Å². The molecule has 1 saturated heterocycles. The number of fused-ring (bicyclic) bond motifs is 1. The van der Waals surface area contributed by atoms with E-state index in [0.29, 0.717) is 11.1 Å². The zero-order valence-corrected chi connectivity index (χ0v) is 14.6. The minimum Gasteiger partial charge on any atom is -0.349 e. The summed E-state index contributed by atoms with van der Waals surface area (Å²) in [7, 11) is 1.98. The predicted molar refractivity (Wildman–Crippen MR) is 100 cm³/mol. The molecule has 0 spiro atoms. The van der Waals surface area contributed by atoms with E-state index in [0.717, 1.165) is 37.3 Å². The second kappa shape index (κ2) is 6.67. The molecule has 7 nitrogen and oxygen atoms in total. The minimum atomic E-state index is -0.265. The van der Waals surface area contributed by atoms with E-state index in [1.54, 1.807) is 12.3 Å². The maximum absolute atomic E-state index is 12.7. The number of anilines is 1. The number of pyridine rings is 1. The fourth-order valence-electron chi connectivity index (χ4n) is 3.54. The van der Waals surface area contributed by atoms with Crippen LogP contribution in [0.25, 0.3) is 10.9 Å². The number of aromatic amines is 1. The van der Waals surface area contributed by atoms with Crippen molar-refractivity contribution in [1.82, 2.24) is 19.9 Å². The maximum atomic E-state index is 12.7. The lowest BCUT2D eigenvalue weighted by atomic mass is 10.0. The van der Waals surface area contributed by atoms with Crippen molar-refractivity contribution in [3.63, 3.8) is 0 Å². The van der Waals surface area contributed by atoms with E-state index in [2.05, 4.69) is 20.2 Å². The van der Waals surface area contributed by atoms with Gasteiger partial charge in [0.25, 0.3) is 5.91 Å². The van der Waals surface area contributed by atoms with Crippen LogP contribution < -0.4 is 15.8 Å². The average molecular weight is 351 g/mol. The highest BCUT2D eigenvalue weighted by Gasteiger charge is 2.23. The number of benzene rings is 1. The number of hydrogen-bond donors (Lipinski definition) is 2. The van der Waals surface area contributed by atoms with Crippen LogP contribution in [0.4, 0.5) is 5.95 Å². The molecule has 7 heteroatoms. The van der Waals surface area contributed by atoms with Crippen LogP contribution in [-0.2, 0) is 7.05 Å². The topological polar surface area (TPSA) is 83.0 Å². The van der Waals surface area contributed by atoms with E-state index in [-0.39, 0.29) is 17.5 Å². The zero-order chi connectivity index (χ0) is 18.1. The maximum Gasteiger partial charge on any atom is 0.252 e. The number of aryl methyl sites for hydroxylation is 1. The molecule has 26 heavy (non-hydrogen) atoms. The van der Waals surface area contributed by atoms with Gasteiger partial charge in [-0.15, -0.1) is 0 Å². The van der Waals surface area contributed by atoms with Gasteiger partial charge in [-0.05, 0) is 18.9 Å². The Kier molecular flexibility index (Phi) is 4.20. The van der Waals surface area contributed by atoms with E-state index in [1.807, 2.05) is 36.0 Å². The van der Waals surface area contributed by atoms with E-state index in [4.69, 9.17) is 0 Å². The Balaban J connectivity index is 1.47. The molecule has 1 fully saturated rings. The second-order valence-electron chi connectivity index (χ2n) is 6.67. The van der Waals surface area contributed by atoms with Crippen molar-refractivity contribution < 1.29 is 4.79 Å². The summed E-state index contributed by atoms with van der Waals surface area (Å²) in [6.45, 7) is 1.68. The van der Waals surface area contributed by atoms with Crippen LogP contribution in [0.2, 0.25) is 0 Å². The van der Waals surface area contributed by atoms with Crippen molar-refractivity contribution in [1.29, 1.82) is 0 Å². The Morgan fingerprint density at radius 2 is 2.04 bits per heavy atom. The molecule has 0 radical (unpaired) electrons. The van der Waals surface area contributed by atoms with Gasteiger partial charge >= 0.3 is 0 Å². The molecule has 134 valence electrons. The molecule has 0 saturated carbocycles. The number of H-pyrrole nitrogens is 1. The van der Waals surface area contributed by atoms with E-state index in [1.165, 1.54) is 6.07 Å². The molecule has 4 rings (SSSR count). The number of aromatic nitrogens is 3. The van der Waals surface area contributed by atoms with Gasteiger partial charge in [0.15, 0.2) is 0 Å². The normalized spacial score (nSPS) is 15.3. The predicted octanol–water partition coefficient (Wildman–Crippen LogP) is 1.66. The lowest BCUT2D eigenvalue weighted by molar-refractivity contribution is 0.0932. The molecule has 0 bridgehead atoms. The smallest absolute Gasteiger partial charge is 0.252 e. The number of carbonyl (C=O) groups is 1. The van der Waals surface area contributed by atoms with Crippen molar-refractivity contribution in [2.75, 3.05) is 18.0 Å². The van der Waals surface area contributed by atoms with Crippen molar-refractivity contribution in [2.45, 2.75) is 18.9 Å². The van der Waals surface area contributed by atoms with Crippen LogP contribution in [0.1, 0.15) is 23.2 Å². The fourth-order valence-corrected chi connectivity index (χ4v) is 3.54. The van der Waals surface area contributed by atoms with Crippen molar-refractivity contribution in [2.24, 2.45) is 7.05 Å². The number of amides is 1. The molecule has 2 aromatic heterocycles. The summed E-state index contributed by atoms with van der Waals surface area (Å²) in [5, 5.41) is 3.85. The number of hydrogen-bond acceptors (Lipinski definition) is 4. The zero-order valence-electron chi connectivity index (χ0n) is 14.6. The lowest BCUT2D eigenvalue weighted by Gasteiger charge is -2.33. The lowest BCUT2D eigenvalue weighted by Crippen LogP contribution is -2.45. The summed E-state index contributed by atoms with van der Waals surface area (Å²) < 4.78 is 2.00. The summed E-state index contributed by atoms with van der Waals surface area (Å²) in [4.78, 5) is 34.0. The monoisotopic (exact) mass is 351 g/mol. The Labute approximate surface area is 150 Å². The van der Waals surface area contributed by atoms with Gasteiger partial charge in [-0.2, -0.15) is 0 Å². The van der Waals surface area contributed by atoms with Crippen LogP contribution in [0.5, 0.6) is 0 Å². The number of imidazole rings is 1. The van der Waals surface area contributed by atoms with Gasteiger partial charge in [0.05, 0.1) is 5.56 Å². The van der Waals surface area contributed by atoms with Crippen molar-refractivity contribution in [3.8, 4) is 0 Å². The molecule has 3 aromatic rings. The quantitative estimate of drug-likeness (QED) is 0.752. The van der Waals surface area contributed by atoms with Crippen LogP contribution in [0.15, 0.2) is 47.5 Å². The first-order chi connectivity index (χ1) is 12.6. The molecule has 0 unspecified atom stereocenters. The molecule has 1 aliphatic heterocycles. The molecule has 3 heterocycles. The Hall–Kier alpha value is -3.09. The van der Waals surface area contributed by atoms with Gasteiger partial charge in [-0.25, -0.2) is 4.98 Å². The summed E-state index contributed by atoms with van der Waals surface area (Å²) >= 11 is 0. The standard InChI is InChI=1S/C19H21N5O2/c1-23-11-8-20-19(23)24-9-6-13(7-10-24)21-18(26)15-12-17(25)22-16-5-3-2-4-14(15)16/h2-5,8,11-13H,6-7,9-10H2,1H3,(H,21,26)(H,22,25). The van der Waals surface area contributed by atoms with Crippen molar-refractivity contribution in [3.05, 3.63) is 58.6 Å². The number of piperidine rings is 1. The van der Waals surface area contributed by atoms with E-state index < -0.39 is 0 Å². The SMILES string of the molecule is Cn1ccnc1N1CCC(NC(=O)c2cc(=O)[nH]c3ccccc23)CC1. The first-order valence-corrected chi connectivity index (χ1v) is 8.77. The third-order valence-corrected chi connectivity index (χ3v) is 4.90. The Bertz CT molecular complexity index is 998. The number of nitrogens with one attached hydrogen (secondary N) is 2. The second-order valence-corrected chi connectivity index (χ2v) is 6.67. The van der Waals surface area contributed by atoms with Crippen LogP contribution >= 0.6 is 0 Å². The number of nitrogens with zero attached hydrogens (tertiary/aromatic N) is 3. The minimum absolute atomic E-state index is 0.0945. The van der Waals surface area contributed by atoms with E-state index in [9.17, 15) is 9.59 Å². The Morgan fingerprint density at radius 1 is 1.27 bits per heavy atom. The van der Waals surface area contributed by atoms with Crippen LogP contribution in [-0.4, -0.2) is 39.6 Å². The van der Waals surface area contributed by atoms with Gasteiger partial charge in [0.2, 0.25) is 11.5 Å². The summed E-state index contributed by atoms with van der Waals surface area (Å²) in [5.41, 5.74) is 0.837. The van der Waals surface area contributed by atoms with Gasteiger partial charge in [0.1, 0.15) is 0 Å². The van der Waals surface area contributed by atoms with E-state index >= 15 is 0 Å². The summed E-state index contributed by atoms with van der Waals surface area (Å²) in [6.07, 6.45) is 5.42. The third kappa shape index (κ3) is 3.08. The fraction of sp³-hybridized carbons (Fsp3) is 0.316. The van der Waals surface area contributed by atoms with Crippen LogP contribution in [0, 0.1) is 0 Å². The largest absolute Gasteiger partial charge is 0.349 e. The molecule has 1 aromatic carbocycles. The highest BCUT2D eigenvalue weighted by molar-refractivity contribution is 6.06. The molecule has 1 aliphatic rings. The van der Waals surface area contributed by atoms with Crippen molar-refractivity contribution >= 4 is 22.8 Å².